The maximum absolute atomic E-state index is 13.8. The number of ether oxygens (including phenoxy) is 1. The van der Waals surface area contributed by atoms with E-state index in [-0.39, 0.29) is 17.4 Å². The van der Waals surface area contributed by atoms with Crippen LogP contribution < -0.4 is 15.0 Å². The van der Waals surface area contributed by atoms with Gasteiger partial charge in [-0.25, -0.2) is 4.39 Å². The summed E-state index contributed by atoms with van der Waals surface area (Å²) in [6.45, 7) is 2.54. The molecule has 1 amide bonds. The van der Waals surface area contributed by atoms with E-state index in [0.717, 1.165) is 6.42 Å². The lowest BCUT2D eigenvalue weighted by Crippen LogP contribution is -2.27. The number of thiophene rings is 1. The van der Waals surface area contributed by atoms with E-state index >= 15 is 0 Å². The number of aryl methyl sites for hydroxylation is 1. The van der Waals surface area contributed by atoms with Crippen molar-refractivity contribution in [2.75, 3.05) is 32.6 Å². The third kappa shape index (κ3) is 4.01. The zero-order chi connectivity index (χ0) is 20.3. The minimum absolute atomic E-state index is 0.0693. The van der Waals surface area contributed by atoms with Gasteiger partial charge in [0.2, 0.25) is 0 Å². The molecule has 0 aliphatic rings. The van der Waals surface area contributed by atoms with Crippen LogP contribution in [0.3, 0.4) is 0 Å². The van der Waals surface area contributed by atoms with Crippen LogP contribution in [0, 0.1) is 12.7 Å². The van der Waals surface area contributed by atoms with E-state index in [9.17, 15) is 9.18 Å². The Hall–Kier alpha value is -2.87. The predicted octanol–water partition coefficient (Wildman–Crippen LogP) is 3.90. The zero-order valence-electron chi connectivity index (χ0n) is 16.2. The van der Waals surface area contributed by atoms with Gasteiger partial charge in [0.1, 0.15) is 5.56 Å². The van der Waals surface area contributed by atoms with Crippen molar-refractivity contribution in [1.82, 2.24) is 10.5 Å². The van der Waals surface area contributed by atoms with E-state index in [4.69, 9.17) is 9.26 Å². The summed E-state index contributed by atoms with van der Waals surface area (Å²) >= 11 is 1.67. The van der Waals surface area contributed by atoms with Crippen LogP contribution in [0.15, 0.2) is 34.2 Å². The largest absolute Gasteiger partial charge is 0.494 e. The molecule has 148 valence electrons. The number of nitrogens with one attached hydrogen (secondary N) is 1. The third-order valence-electron chi connectivity index (χ3n) is 4.34. The molecule has 0 bridgehead atoms. The Kier molecular flexibility index (Phi) is 5.99. The average molecular weight is 403 g/mol. The number of amides is 1. The van der Waals surface area contributed by atoms with Gasteiger partial charge in [0.15, 0.2) is 23.1 Å². The normalized spacial score (nSPS) is 10.8. The minimum atomic E-state index is -0.490. The molecule has 8 heteroatoms. The quantitative estimate of drug-likeness (QED) is 0.648. The standard InChI is InChI=1S/C20H22FN3O3S/c1-12-8-10-28-16(12)7-9-22-20(25)17-18(27-23-19(17)24(2)3)13-5-6-14(21)15(11-13)26-4/h5-6,8,10-11H,7,9H2,1-4H3,(H,22,25). The SMILES string of the molecule is COc1cc(-c2onc(N(C)C)c2C(=O)NCCc2sccc2C)ccc1F. The first kappa shape index (κ1) is 19.9. The van der Waals surface area contributed by atoms with Gasteiger partial charge < -0.3 is 19.5 Å². The fourth-order valence-electron chi connectivity index (χ4n) is 2.83. The molecule has 2 aromatic heterocycles. The number of anilines is 1. The monoisotopic (exact) mass is 403 g/mol. The highest BCUT2D eigenvalue weighted by molar-refractivity contribution is 7.10. The fraction of sp³-hybridized carbons (Fsp3) is 0.300. The molecule has 2 heterocycles. The van der Waals surface area contributed by atoms with E-state index < -0.39 is 5.82 Å². The van der Waals surface area contributed by atoms with Crippen molar-refractivity contribution in [3.05, 3.63) is 51.5 Å². The summed E-state index contributed by atoms with van der Waals surface area (Å²) < 4.78 is 24.2. The molecule has 3 aromatic rings. The summed E-state index contributed by atoms with van der Waals surface area (Å²) in [5, 5.41) is 8.99. The van der Waals surface area contributed by atoms with Crippen molar-refractivity contribution in [1.29, 1.82) is 0 Å². The summed E-state index contributed by atoms with van der Waals surface area (Å²) in [7, 11) is 4.94. The molecule has 1 aromatic carbocycles. The lowest BCUT2D eigenvalue weighted by atomic mass is 10.1. The molecule has 0 radical (unpaired) electrons. The maximum Gasteiger partial charge on any atom is 0.259 e. The van der Waals surface area contributed by atoms with Crippen molar-refractivity contribution >= 4 is 23.1 Å². The molecular weight excluding hydrogens is 381 g/mol. The number of methoxy groups -OCH3 is 1. The predicted molar refractivity (Wildman–Crippen MR) is 108 cm³/mol. The molecule has 0 atom stereocenters. The third-order valence-corrected chi connectivity index (χ3v) is 5.43. The van der Waals surface area contributed by atoms with Gasteiger partial charge in [-0.2, -0.15) is 0 Å². The molecule has 0 spiro atoms. The first-order chi connectivity index (χ1) is 13.4. The Morgan fingerprint density at radius 2 is 2.14 bits per heavy atom. The lowest BCUT2D eigenvalue weighted by Gasteiger charge is -2.11. The molecule has 0 unspecified atom stereocenters. The zero-order valence-corrected chi connectivity index (χ0v) is 17.0. The number of hydrogen-bond donors (Lipinski definition) is 1. The summed E-state index contributed by atoms with van der Waals surface area (Å²) in [4.78, 5) is 15.9. The molecule has 1 N–H and O–H groups in total. The number of hydrogen-bond acceptors (Lipinski definition) is 6. The van der Waals surface area contributed by atoms with Crippen molar-refractivity contribution in [2.24, 2.45) is 0 Å². The number of nitrogens with zero attached hydrogens (tertiary/aromatic N) is 2. The van der Waals surface area contributed by atoms with E-state index in [1.54, 1.807) is 30.3 Å². The Labute approximate surface area is 166 Å². The van der Waals surface area contributed by atoms with Crippen LogP contribution >= 0.6 is 11.3 Å². The van der Waals surface area contributed by atoms with Crippen LogP contribution in [0.4, 0.5) is 10.2 Å². The topological polar surface area (TPSA) is 67.6 Å². The lowest BCUT2D eigenvalue weighted by molar-refractivity contribution is 0.0955. The van der Waals surface area contributed by atoms with Gasteiger partial charge in [-0.15, -0.1) is 11.3 Å². The van der Waals surface area contributed by atoms with Crippen LogP contribution in [0.2, 0.25) is 0 Å². The maximum atomic E-state index is 13.8. The number of rotatable bonds is 7. The Balaban J connectivity index is 1.87. The van der Waals surface area contributed by atoms with E-state index in [0.29, 0.717) is 23.5 Å². The first-order valence-corrected chi connectivity index (χ1v) is 9.62. The van der Waals surface area contributed by atoms with Crippen molar-refractivity contribution in [3.8, 4) is 17.1 Å². The van der Waals surface area contributed by atoms with Crippen LogP contribution in [0.5, 0.6) is 5.75 Å². The molecule has 0 aliphatic heterocycles. The van der Waals surface area contributed by atoms with Gasteiger partial charge in [-0.3, -0.25) is 4.79 Å². The van der Waals surface area contributed by atoms with Gasteiger partial charge in [0.05, 0.1) is 7.11 Å². The summed E-state index contributed by atoms with van der Waals surface area (Å²) in [6, 6.07) is 6.35. The highest BCUT2D eigenvalue weighted by Gasteiger charge is 2.26. The van der Waals surface area contributed by atoms with Crippen LogP contribution in [0.1, 0.15) is 20.8 Å². The molecule has 0 aliphatic carbocycles. The molecule has 3 rings (SSSR count). The molecule has 28 heavy (non-hydrogen) atoms. The summed E-state index contributed by atoms with van der Waals surface area (Å²) in [5.41, 5.74) is 2.04. The fourth-order valence-corrected chi connectivity index (χ4v) is 3.74. The molecular formula is C20H22FN3O3S. The van der Waals surface area contributed by atoms with Gasteiger partial charge in [-0.1, -0.05) is 5.16 Å². The number of aromatic nitrogens is 1. The van der Waals surface area contributed by atoms with E-state index in [1.165, 1.54) is 35.7 Å². The van der Waals surface area contributed by atoms with Crippen LogP contribution in [0.25, 0.3) is 11.3 Å². The van der Waals surface area contributed by atoms with Crippen molar-refractivity contribution < 1.29 is 18.4 Å². The molecule has 0 saturated heterocycles. The second-order valence-corrected chi connectivity index (χ2v) is 7.49. The summed E-state index contributed by atoms with van der Waals surface area (Å²) in [6.07, 6.45) is 0.748. The van der Waals surface area contributed by atoms with Crippen molar-refractivity contribution in [2.45, 2.75) is 13.3 Å². The number of benzene rings is 1. The van der Waals surface area contributed by atoms with Gasteiger partial charge >= 0.3 is 0 Å². The van der Waals surface area contributed by atoms with Crippen LogP contribution in [-0.4, -0.2) is 38.8 Å². The van der Waals surface area contributed by atoms with Gasteiger partial charge in [0.25, 0.3) is 5.91 Å². The number of carbonyl (C=O) groups is 1. The van der Waals surface area contributed by atoms with E-state index in [2.05, 4.69) is 23.5 Å². The average Bonchev–Trinajstić information content (AvgIpc) is 3.29. The van der Waals surface area contributed by atoms with Crippen molar-refractivity contribution in [3.63, 3.8) is 0 Å². The minimum Gasteiger partial charge on any atom is -0.494 e. The Bertz CT molecular complexity index is 981. The molecule has 0 saturated carbocycles. The second kappa shape index (κ2) is 8.43. The highest BCUT2D eigenvalue weighted by atomic mass is 32.1. The number of halogens is 1. The summed E-state index contributed by atoms with van der Waals surface area (Å²) in [5.74, 6) is -0.0388. The number of carbonyl (C=O) groups excluding carboxylic acids is 1. The van der Waals surface area contributed by atoms with Gasteiger partial charge in [-0.05, 0) is 48.6 Å². The van der Waals surface area contributed by atoms with Gasteiger partial charge in [0, 0.05) is 31.1 Å². The second-order valence-electron chi connectivity index (χ2n) is 6.49. The highest BCUT2D eigenvalue weighted by Crippen LogP contribution is 2.33. The first-order valence-electron chi connectivity index (χ1n) is 8.74. The molecule has 0 fully saturated rings. The van der Waals surface area contributed by atoms with Crippen LogP contribution in [-0.2, 0) is 6.42 Å². The Morgan fingerprint density at radius 3 is 2.79 bits per heavy atom. The van der Waals surface area contributed by atoms with E-state index in [1.807, 2.05) is 5.38 Å². The smallest absolute Gasteiger partial charge is 0.259 e. The molecule has 6 nitrogen and oxygen atoms in total. The Morgan fingerprint density at radius 1 is 1.36 bits per heavy atom.